The first-order chi connectivity index (χ1) is 12.9. The molecule has 1 aromatic carbocycles. The van der Waals surface area contributed by atoms with Gasteiger partial charge in [0.05, 0.1) is 28.1 Å². The molecule has 0 aliphatic heterocycles. The van der Waals surface area contributed by atoms with E-state index in [0.717, 1.165) is 18.5 Å². The summed E-state index contributed by atoms with van der Waals surface area (Å²) in [7, 11) is 0. The number of halogens is 3. The Kier molecular flexibility index (Phi) is 4.83. The van der Waals surface area contributed by atoms with Crippen molar-refractivity contribution in [3.63, 3.8) is 0 Å². The first kappa shape index (κ1) is 18.0. The molecule has 3 rings (SSSR count). The van der Waals surface area contributed by atoms with Crippen LogP contribution in [-0.4, -0.2) is 19.9 Å². The van der Waals surface area contributed by atoms with Gasteiger partial charge in [-0.3, -0.25) is 15.1 Å². The number of rotatable bonds is 5. The minimum atomic E-state index is -4.64. The second-order valence-corrected chi connectivity index (χ2v) is 5.21. The molecule has 2 aromatic heterocycles. The molecule has 2 N–H and O–H groups in total. The second-order valence-electron chi connectivity index (χ2n) is 5.21. The second kappa shape index (κ2) is 7.23. The minimum absolute atomic E-state index is 0.185. The number of alkyl halides is 3. The lowest BCUT2D eigenvalue weighted by Gasteiger charge is -2.14. The molecule has 11 heteroatoms. The Bertz CT molecular complexity index is 966. The quantitative estimate of drug-likeness (QED) is 0.505. The van der Waals surface area contributed by atoms with E-state index in [-0.39, 0.29) is 17.3 Å². The molecule has 0 bridgehead atoms. The summed E-state index contributed by atoms with van der Waals surface area (Å²) in [6, 6.07) is 7.82. The Morgan fingerprint density at radius 3 is 2.33 bits per heavy atom. The largest absolute Gasteiger partial charge is 0.418 e. The van der Waals surface area contributed by atoms with Gasteiger partial charge in [0.15, 0.2) is 0 Å². The van der Waals surface area contributed by atoms with Crippen molar-refractivity contribution in [3.8, 4) is 0 Å². The predicted molar refractivity (Wildman–Crippen MR) is 90.9 cm³/mol. The highest BCUT2D eigenvalue weighted by Crippen LogP contribution is 2.38. The van der Waals surface area contributed by atoms with Crippen molar-refractivity contribution in [2.24, 2.45) is 0 Å². The fourth-order valence-electron chi connectivity index (χ4n) is 2.27. The van der Waals surface area contributed by atoms with E-state index in [1.807, 2.05) is 0 Å². The zero-order chi connectivity index (χ0) is 19.4. The van der Waals surface area contributed by atoms with Gasteiger partial charge in [-0.25, -0.2) is 9.97 Å². The molecule has 3 aromatic rings. The number of nitrogens with zero attached hydrogens (tertiary/aromatic N) is 4. The Morgan fingerprint density at radius 1 is 1.00 bits per heavy atom. The third kappa shape index (κ3) is 4.08. The van der Waals surface area contributed by atoms with Gasteiger partial charge in [0, 0.05) is 6.20 Å². The molecule has 0 aliphatic rings. The summed E-state index contributed by atoms with van der Waals surface area (Å²) in [6.07, 6.45) is -0.703. The lowest BCUT2D eigenvalue weighted by atomic mass is 10.1. The van der Waals surface area contributed by atoms with Gasteiger partial charge in [0.1, 0.15) is 6.33 Å². The zero-order valence-corrected chi connectivity index (χ0v) is 13.4. The first-order valence-electron chi connectivity index (χ1n) is 7.46. The average molecular weight is 376 g/mol. The third-order valence-electron chi connectivity index (χ3n) is 3.41. The topological polar surface area (TPSA) is 106 Å². The lowest BCUT2D eigenvalue weighted by molar-refractivity contribution is -0.383. The first-order valence-corrected chi connectivity index (χ1v) is 7.46. The van der Waals surface area contributed by atoms with Crippen LogP contribution in [0.4, 0.5) is 41.9 Å². The monoisotopic (exact) mass is 376 g/mol. The normalized spacial score (nSPS) is 11.1. The molecule has 0 spiro atoms. The fraction of sp³-hybridized carbons (Fsp3) is 0.0625. The number of nitro groups is 1. The molecule has 0 atom stereocenters. The van der Waals surface area contributed by atoms with E-state index < -0.39 is 22.4 Å². The van der Waals surface area contributed by atoms with Crippen LogP contribution < -0.4 is 10.6 Å². The van der Waals surface area contributed by atoms with Crippen LogP contribution in [0.1, 0.15) is 5.56 Å². The van der Waals surface area contributed by atoms with E-state index in [2.05, 4.69) is 25.6 Å². The Hall–Kier alpha value is -3.76. The van der Waals surface area contributed by atoms with Gasteiger partial charge in [-0.1, -0.05) is 12.1 Å². The van der Waals surface area contributed by atoms with Crippen LogP contribution in [0.3, 0.4) is 0 Å². The molecule has 138 valence electrons. The highest BCUT2D eigenvalue weighted by atomic mass is 19.4. The van der Waals surface area contributed by atoms with Crippen LogP contribution in [0.15, 0.2) is 55.1 Å². The van der Waals surface area contributed by atoms with Crippen LogP contribution in [0.2, 0.25) is 0 Å². The number of anilines is 4. The van der Waals surface area contributed by atoms with E-state index in [1.165, 1.54) is 24.5 Å². The van der Waals surface area contributed by atoms with E-state index in [1.54, 1.807) is 12.1 Å². The summed E-state index contributed by atoms with van der Waals surface area (Å²) in [5.41, 5.74) is -1.52. The van der Waals surface area contributed by atoms with E-state index in [0.29, 0.717) is 5.69 Å². The molecule has 8 nitrogen and oxygen atoms in total. The molecular weight excluding hydrogens is 365 g/mol. The average Bonchev–Trinajstić information content (AvgIpc) is 2.62. The molecule has 0 amide bonds. The number of benzene rings is 1. The van der Waals surface area contributed by atoms with Crippen LogP contribution >= 0.6 is 0 Å². The van der Waals surface area contributed by atoms with Crippen molar-refractivity contribution in [2.45, 2.75) is 6.18 Å². The van der Waals surface area contributed by atoms with Crippen LogP contribution in [-0.2, 0) is 6.18 Å². The molecule has 0 unspecified atom stereocenters. The highest BCUT2D eigenvalue weighted by Gasteiger charge is 2.34. The SMILES string of the molecule is O=[N+]([O-])c1c(Nc2cccnc2)ncnc1Nc1ccccc1C(F)(F)F. The number of hydrogen-bond acceptors (Lipinski definition) is 7. The van der Waals surface area contributed by atoms with Gasteiger partial charge in [0.2, 0.25) is 11.6 Å². The standard InChI is InChI=1S/C16H11F3N6O2/c17-16(18,19)11-5-1-2-6-12(11)24-15-13(25(26)27)14(21-9-22-15)23-10-4-3-7-20-8-10/h1-9H,(H2,21,22,23,24). The lowest BCUT2D eigenvalue weighted by Crippen LogP contribution is -2.10. The Balaban J connectivity index is 2.02. The van der Waals surface area contributed by atoms with Crippen LogP contribution in [0, 0.1) is 10.1 Å². The minimum Gasteiger partial charge on any atom is -0.334 e. The maximum Gasteiger partial charge on any atom is 0.418 e. The van der Waals surface area contributed by atoms with E-state index >= 15 is 0 Å². The number of para-hydroxylation sites is 1. The van der Waals surface area contributed by atoms with Crippen molar-refractivity contribution in [1.82, 2.24) is 15.0 Å². The van der Waals surface area contributed by atoms with E-state index in [9.17, 15) is 23.3 Å². The van der Waals surface area contributed by atoms with Crippen molar-refractivity contribution in [1.29, 1.82) is 0 Å². The predicted octanol–water partition coefficient (Wildman–Crippen LogP) is 4.29. The maximum absolute atomic E-state index is 13.2. The molecule has 0 saturated heterocycles. The van der Waals surface area contributed by atoms with Gasteiger partial charge in [-0.2, -0.15) is 13.2 Å². The van der Waals surface area contributed by atoms with Gasteiger partial charge >= 0.3 is 11.9 Å². The zero-order valence-electron chi connectivity index (χ0n) is 13.4. The van der Waals surface area contributed by atoms with Gasteiger partial charge in [-0.15, -0.1) is 0 Å². The molecule has 0 radical (unpaired) electrons. The molecule has 0 aliphatic carbocycles. The summed E-state index contributed by atoms with van der Waals surface area (Å²) in [5.74, 6) is -0.562. The number of hydrogen-bond donors (Lipinski definition) is 2. The van der Waals surface area contributed by atoms with Crippen LogP contribution in [0.5, 0.6) is 0 Å². The van der Waals surface area contributed by atoms with Gasteiger partial charge in [0.25, 0.3) is 0 Å². The van der Waals surface area contributed by atoms with Crippen molar-refractivity contribution in [3.05, 3.63) is 70.8 Å². The summed E-state index contributed by atoms with van der Waals surface area (Å²) in [5, 5.41) is 16.6. The molecule has 0 saturated carbocycles. The van der Waals surface area contributed by atoms with Gasteiger partial charge in [-0.05, 0) is 24.3 Å². The molecule has 27 heavy (non-hydrogen) atoms. The molecular formula is C16H11F3N6O2. The summed E-state index contributed by atoms with van der Waals surface area (Å²) < 4.78 is 39.5. The van der Waals surface area contributed by atoms with Crippen molar-refractivity contribution < 1.29 is 18.1 Å². The number of pyridine rings is 1. The smallest absolute Gasteiger partial charge is 0.334 e. The third-order valence-corrected chi connectivity index (χ3v) is 3.41. The Labute approximate surface area is 150 Å². The van der Waals surface area contributed by atoms with E-state index in [4.69, 9.17) is 0 Å². The van der Waals surface area contributed by atoms with Gasteiger partial charge < -0.3 is 10.6 Å². The van der Waals surface area contributed by atoms with Crippen molar-refractivity contribution in [2.75, 3.05) is 10.6 Å². The summed E-state index contributed by atoms with van der Waals surface area (Å²) in [4.78, 5) is 22.1. The fourth-order valence-corrected chi connectivity index (χ4v) is 2.27. The summed E-state index contributed by atoms with van der Waals surface area (Å²) >= 11 is 0. The maximum atomic E-state index is 13.2. The van der Waals surface area contributed by atoms with Crippen LogP contribution in [0.25, 0.3) is 0 Å². The van der Waals surface area contributed by atoms with Crippen molar-refractivity contribution >= 4 is 28.7 Å². The number of aromatic nitrogens is 3. The number of nitrogens with one attached hydrogen (secondary N) is 2. The highest BCUT2D eigenvalue weighted by molar-refractivity contribution is 5.77. The molecule has 2 heterocycles. The summed E-state index contributed by atoms with van der Waals surface area (Å²) in [6.45, 7) is 0. The molecule has 0 fully saturated rings. The Morgan fingerprint density at radius 2 is 1.70 bits per heavy atom.